The molecule has 0 radical (unpaired) electrons. The van der Waals surface area contributed by atoms with Gasteiger partial charge in [-0.2, -0.15) is 0 Å². The number of nitrogens with two attached hydrogens (primary N) is 1. The van der Waals surface area contributed by atoms with E-state index in [1.54, 1.807) is 4.68 Å². The number of ether oxygens (including phenoxy) is 1. The van der Waals surface area contributed by atoms with E-state index >= 15 is 0 Å². The van der Waals surface area contributed by atoms with Gasteiger partial charge >= 0.3 is 0 Å². The van der Waals surface area contributed by atoms with Crippen LogP contribution >= 0.6 is 0 Å². The maximum atomic E-state index is 11.1. The van der Waals surface area contributed by atoms with Gasteiger partial charge in [-0.25, -0.2) is 4.68 Å². The van der Waals surface area contributed by atoms with Gasteiger partial charge in [-0.05, 0) is 19.8 Å². The zero-order valence-corrected chi connectivity index (χ0v) is 9.77. The lowest BCUT2D eigenvalue weighted by Crippen LogP contribution is -2.15. The minimum atomic E-state index is -0.520. The normalized spacial score (nSPS) is 10.6. The van der Waals surface area contributed by atoms with Crippen molar-refractivity contribution in [3.05, 3.63) is 11.4 Å². The molecule has 0 atom stereocenters. The van der Waals surface area contributed by atoms with Gasteiger partial charge in [0.25, 0.3) is 5.91 Å². The Morgan fingerprint density at radius 1 is 1.50 bits per heavy atom. The Balaban J connectivity index is 2.62. The van der Waals surface area contributed by atoms with E-state index in [4.69, 9.17) is 10.5 Å². The number of primary amides is 1. The fourth-order valence-electron chi connectivity index (χ4n) is 1.51. The molecule has 2 N–H and O–H groups in total. The highest BCUT2D eigenvalue weighted by molar-refractivity contribution is 5.91. The molecule has 1 heterocycles. The van der Waals surface area contributed by atoms with E-state index in [9.17, 15) is 4.79 Å². The summed E-state index contributed by atoms with van der Waals surface area (Å²) in [5.41, 5.74) is 6.27. The molecule has 6 nitrogen and oxygen atoms in total. The lowest BCUT2D eigenvalue weighted by atomic mass is 10.2. The summed E-state index contributed by atoms with van der Waals surface area (Å²) in [6.45, 7) is 6.00. The first-order chi connectivity index (χ1) is 7.70. The molecule has 0 aliphatic rings. The fourth-order valence-corrected chi connectivity index (χ4v) is 1.51. The highest BCUT2D eigenvalue weighted by Gasteiger charge is 2.14. The van der Waals surface area contributed by atoms with E-state index in [1.165, 1.54) is 0 Å². The van der Waals surface area contributed by atoms with Crippen LogP contribution in [-0.4, -0.2) is 34.1 Å². The first kappa shape index (κ1) is 12.6. The minimum absolute atomic E-state index is 0.277. The average molecular weight is 226 g/mol. The Morgan fingerprint density at radius 2 is 2.25 bits per heavy atom. The molecule has 1 aromatic heterocycles. The number of hydrogen-bond acceptors (Lipinski definition) is 4. The topological polar surface area (TPSA) is 83.0 Å². The highest BCUT2D eigenvalue weighted by atomic mass is 16.5. The standard InChI is InChI=1S/C10H18N4O2/c1-3-8-9(10(11)15)12-13-14(8)6-5-7-16-4-2/h3-7H2,1-2H3,(H2,11,15). The van der Waals surface area contributed by atoms with Gasteiger partial charge in [0, 0.05) is 19.8 Å². The predicted octanol–water partition coefficient (Wildman–Crippen LogP) is 0.366. The summed E-state index contributed by atoms with van der Waals surface area (Å²) in [5, 5.41) is 7.70. The molecule has 1 aromatic rings. The van der Waals surface area contributed by atoms with Gasteiger partial charge in [-0.3, -0.25) is 4.79 Å². The summed E-state index contributed by atoms with van der Waals surface area (Å²) in [6.07, 6.45) is 1.54. The molecular weight excluding hydrogens is 208 g/mol. The highest BCUT2D eigenvalue weighted by Crippen LogP contribution is 2.06. The molecule has 1 rings (SSSR count). The van der Waals surface area contributed by atoms with Crippen molar-refractivity contribution in [2.24, 2.45) is 5.73 Å². The third-order valence-electron chi connectivity index (χ3n) is 2.27. The first-order valence-corrected chi connectivity index (χ1v) is 5.50. The van der Waals surface area contributed by atoms with Crippen LogP contribution < -0.4 is 5.73 Å². The van der Waals surface area contributed by atoms with Crippen LogP contribution in [0.25, 0.3) is 0 Å². The van der Waals surface area contributed by atoms with Crippen LogP contribution in [-0.2, 0) is 17.7 Å². The molecule has 0 saturated carbocycles. The summed E-state index contributed by atoms with van der Waals surface area (Å²) in [4.78, 5) is 11.1. The van der Waals surface area contributed by atoms with Gasteiger partial charge in [0.1, 0.15) is 0 Å². The van der Waals surface area contributed by atoms with Gasteiger partial charge in [0.05, 0.1) is 5.69 Å². The second kappa shape index (κ2) is 6.22. The van der Waals surface area contributed by atoms with Crippen LogP contribution in [0.1, 0.15) is 36.5 Å². The number of nitrogens with zero attached hydrogens (tertiary/aromatic N) is 3. The van der Waals surface area contributed by atoms with E-state index < -0.39 is 5.91 Å². The molecule has 1 amide bonds. The van der Waals surface area contributed by atoms with Gasteiger partial charge < -0.3 is 10.5 Å². The number of hydrogen-bond donors (Lipinski definition) is 1. The van der Waals surface area contributed by atoms with E-state index in [1.807, 2.05) is 13.8 Å². The smallest absolute Gasteiger partial charge is 0.271 e. The Labute approximate surface area is 94.8 Å². The lowest BCUT2D eigenvalue weighted by Gasteiger charge is -2.05. The molecule has 0 fully saturated rings. The van der Waals surface area contributed by atoms with Crippen molar-refractivity contribution >= 4 is 5.91 Å². The van der Waals surface area contributed by atoms with Gasteiger partial charge in [-0.15, -0.1) is 5.10 Å². The van der Waals surface area contributed by atoms with E-state index in [-0.39, 0.29) is 5.69 Å². The SMILES string of the molecule is CCOCCCn1nnc(C(N)=O)c1CC. The van der Waals surface area contributed by atoms with Crippen LogP contribution in [0.2, 0.25) is 0 Å². The lowest BCUT2D eigenvalue weighted by molar-refractivity contribution is 0.0994. The van der Waals surface area contributed by atoms with Crippen LogP contribution in [0, 0.1) is 0 Å². The summed E-state index contributed by atoms with van der Waals surface area (Å²) < 4.78 is 6.95. The molecule has 0 unspecified atom stereocenters. The van der Waals surface area contributed by atoms with Crippen molar-refractivity contribution < 1.29 is 9.53 Å². The van der Waals surface area contributed by atoms with Crippen molar-refractivity contribution in [2.45, 2.75) is 33.2 Å². The first-order valence-electron chi connectivity index (χ1n) is 5.50. The van der Waals surface area contributed by atoms with Gasteiger partial charge in [0.15, 0.2) is 5.69 Å². The Hall–Kier alpha value is -1.43. The number of rotatable bonds is 7. The third-order valence-corrected chi connectivity index (χ3v) is 2.27. The number of amides is 1. The summed E-state index contributed by atoms with van der Waals surface area (Å²) >= 11 is 0. The summed E-state index contributed by atoms with van der Waals surface area (Å²) in [7, 11) is 0. The second-order valence-corrected chi connectivity index (χ2v) is 3.38. The summed E-state index contributed by atoms with van der Waals surface area (Å²) in [5.74, 6) is -0.520. The Kier molecular flexibility index (Phi) is 4.91. The molecule has 0 saturated heterocycles. The molecule has 0 aliphatic carbocycles. The molecule has 0 spiro atoms. The van der Waals surface area contributed by atoms with Crippen molar-refractivity contribution in [1.29, 1.82) is 0 Å². The monoisotopic (exact) mass is 226 g/mol. The van der Waals surface area contributed by atoms with Crippen molar-refractivity contribution in [1.82, 2.24) is 15.0 Å². The average Bonchev–Trinajstić information content (AvgIpc) is 2.67. The molecule has 6 heteroatoms. The van der Waals surface area contributed by atoms with Crippen LogP contribution in [0.3, 0.4) is 0 Å². The molecular formula is C10H18N4O2. The number of aryl methyl sites for hydroxylation is 1. The Bertz CT molecular complexity index is 349. The third kappa shape index (κ3) is 3.03. The zero-order valence-electron chi connectivity index (χ0n) is 9.77. The van der Waals surface area contributed by atoms with Crippen molar-refractivity contribution in [3.63, 3.8) is 0 Å². The van der Waals surface area contributed by atoms with Crippen molar-refractivity contribution in [2.75, 3.05) is 13.2 Å². The van der Waals surface area contributed by atoms with Crippen LogP contribution in [0.15, 0.2) is 0 Å². The minimum Gasteiger partial charge on any atom is -0.382 e. The van der Waals surface area contributed by atoms with Crippen LogP contribution in [0.5, 0.6) is 0 Å². The summed E-state index contributed by atoms with van der Waals surface area (Å²) in [6, 6.07) is 0. The quantitative estimate of drug-likeness (QED) is 0.681. The number of carbonyl (C=O) groups excluding carboxylic acids is 1. The van der Waals surface area contributed by atoms with E-state index in [2.05, 4.69) is 10.3 Å². The van der Waals surface area contributed by atoms with Gasteiger partial charge in [-0.1, -0.05) is 12.1 Å². The van der Waals surface area contributed by atoms with Gasteiger partial charge in [0.2, 0.25) is 0 Å². The number of aromatic nitrogens is 3. The number of carbonyl (C=O) groups is 1. The predicted molar refractivity (Wildman–Crippen MR) is 59.0 cm³/mol. The van der Waals surface area contributed by atoms with E-state index in [0.29, 0.717) is 26.2 Å². The maximum absolute atomic E-state index is 11.1. The fraction of sp³-hybridized carbons (Fsp3) is 0.700. The zero-order chi connectivity index (χ0) is 12.0. The van der Waals surface area contributed by atoms with Crippen LogP contribution in [0.4, 0.5) is 0 Å². The maximum Gasteiger partial charge on any atom is 0.271 e. The Morgan fingerprint density at radius 3 is 2.81 bits per heavy atom. The van der Waals surface area contributed by atoms with Crippen molar-refractivity contribution in [3.8, 4) is 0 Å². The van der Waals surface area contributed by atoms with E-state index in [0.717, 1.165) is 12.1 Å². The molecule has 0 aromatic carbocycles. The molecule has 0 bridgehead atoms. The molecule has 90 valence electrons. The second-order valence-electron chi connectivity index (χ2n) is 3.38. The molecule has 0 aliphatic heterocycles. The molecule has 16 heavy (non-hydrogen) atoms. The largest absolute Gasteiger partial charge is 0.382 e.